The van der Waals surface area contributed by atoms with Crippen LogP contribution in [0.1, 0.15) is 49.9 Å². The summed E-state index contributed by atoms with van der Waals surface area (Å²) in [5.74, 6) is -0.0934. The number of fused-ring (bicyclic) bond motifs is 1. The molecule has 180 valence electrons. The largest absolute Gasteiger partial charge is 0.507 e. The van der Waals surface area contributed by atoms with E-state index in [0.29, 0.717) is 36.4 Å². The third kappa shape index (κ3) is 4.66. The standard InChI is InChI=1S/C27H31NO6/c1-16(2)33-21-8-5-7-18(15-21)24-23(26(30)27(31)28(24)11-6-12-32-4)25(29)19-9-10-22-20(14-19)13-17(3)34-22/h5,7-10,14-17,24,29H,6,11-13H2,1-4H3/b25-23-. The van der Waals surface area contributed by atoms with Gasteiger partial charge in [-0.15, -0.1) is 0 Å². The number of nitrogens with zero attached hydrogens (tertiary/aromatic N) is 1. The van der Waals surface area contributed by atoms with Crippen molar-refractivity contribution in [2.45, 2.75) is 51.9 Å². The molecule has 1 amide bonds. The van der Waals surface area contributed by atoms with Crippen LogP contribution in [-0.2, 0) is 20.7 Å². The molecule has 2 unspecified atom stereocenters. The van der Waals surface area contributed by atoms with Crippen molar-refractivity contribution in [2.24, 2.45) is 0 Å². The number of methoxy groups -OCH3 is 1. The molecule has 1 saturated heterocycles. The lowest BCUT2D eigenvalue weighted by Crippen LogP contribution is -2.31. The van der Waals surface area contributed by atoms with E-state index in [1.165, 1.54) is 4.90 Å². The highest BCUT2D eigenvalue weighted by molar-refractivity contribution is 6.46. The molecule has 0 saturated carbocycles. The van der Waals surface area contributed by atoms with Gasteiger partial charge in [0.05, 0.1) is 17.7 Å². The zero-order valence-electron chi connectivity index (χ0n) is 20.0. The molecule has 0 aliphatic carbocycles. The Morgan fingerprint density at radius 3 is 2.74 bits per heavy atom. The number of amides is 1. The van der Waals surface area contributed by atoms with Crippen LogP contribution in [0.15, 0.2) is 48.0 Å². The summed E-state index contributed by atoms with van der Waals surface area (Å²) in [5.41, 5.74) is 2.24. The third-order valence-electron chi connectivity index (χ3n) is 6.00. The molecular formula is C27H31NO6. The van der Waals surface area contributed by atoms with Crippen molar-refractivity contribution in [1.29, 1.82) is 0 Å². The predicted octanol–water partition coefficient (Wildman–Crippen LogP) is 4.26. The van der Waals surface area contributed by atoms with Crippen molar-refractivity contribution >= 4 is 17.4 Å². The average Bonchev–Trinajstić information content (AvgIpc) is 3.29. The van der Waals surface area contributed by atoms with E-state index in [1.54, 1.807) is 19.2 Å². The summed E-state index contributed by atoms with van der Waals surface area (Å²) in [4.78, 5) is 27.8. The number of carbonyl (C=O) groups is 2. The number of ether oxygens (including phenoxy) is 3. The first-order chi connectivity index (χ1) is 16.3. The topological polar surface area (TPSA) is 85.3 Å². The van der Waals surface area contributed by atoms with Crippen molar-refractivity contribution in [2.75, 3.05) is 20.3 Å². The highest BCUT2D eigenvalue weighted by atomic mass is 16.5. The van der Waals surface area contributed by atoms with Gasteiger partial charge in [-0.1, -0.05) is 12.1 Å². The van der Waals surface area contributed by atoms with Crippen LogP contribution in [0.4, 0.5) is 0 Å². The fourth-order valence-electron chi connectivity index (χ4n) is 4.59. The second-order valence-electron chi connectivity index (χ2n) is 9.03. The average molecular weight is 466 g/mol. The quantitative estimate of drug-likeness (QED) is 0.271. The molecule has 7 heteroatoms. The zero-order valence-corrected chi connectivity index (χ0v) is 20.0. The van der Waals surface area contributed by atoms with Gasteiger partial charge < -0.3 is 24.2 Å². The van der Waals surface area contributed by atoms with Crippen LogP contribution in [-0.4, -0.2) is 54.2 Å². The first kappa shape index (κ1) is 23.8. The van der Waals surface area contributed by atoms with Gasteiger partial charge in [0.2, 0.25) is 0 Å². The molecule has 2 aromatic rings. The van der Waals surface area contributed by atoms with Crippen LogP contribution in [0, 0.1) is 0 Å². The molecule has 2 heterocycles. The molecule has 2 aliphatic heterocycles. The summed E-state index contributed by atoms with van der Waals surface area (Å²) in [5, 5.41) is 11.3. The lowest BCUT2D eigenvalue weighted by Gasteiger charge is -2.26. The van der Waals surface area contributed by atoms with Crippen molar-refractivity contribution < 1.29 is 28.9 Å². The van der Waals surface area contributed by atoms with Gasteiger partial charge in [0, 0.05) is 32.2 Å². The number of likely N-dealkylation sites (tertiary alicyclic amines) is 1. The van der Waals surface area contributed by atoms with E-state index in [-0.39, 0.29) is 23.5 Å². The van der Waals surface area contributed by atoms with Crippen LogP contribution in [0.2, 0.25) is 0 Å². The molecule has 4 rings (SSSR count). The van der Waals surface area contributed by atoms with Crippen molar-refractivity contribution in [1.82, 2.24) is 4.90 Å². The number of ketones is 1. The Kier molecular flexibility index (Phi) is 6.93. The molecule has 0 radical (unpaired) electrons. The molecule has 2 aromatic carbocycles. The Morgan fingerprint density at radius 1 is 1.21 bits per heavy atom. The number of Topliss-reactive ketones (excluding diaryl/α,β-unsaturated/α-hetero) is 1. The number of aliphatic hydroxyl groups is 1. The molecule has 0 aromatic heterocycles. The van der Waals surface area contributed by atoms with Crippen molar-refractivity contribution in [3.63, 3.8) is 0 Å². The predicted molar refractivity (Wildman–Crippen MR) is 128 cm³/mol. The van der Waals surface area contributed by atoms with Crippen LogP contribution in [0.3, 0.4) is 0 Å². The summed E-state index contributed by atoms with van der Waals surface area (Å²) in [6.07, 6.45) is 1.32. The molecule has 1 N–H and O–H groups in total. The van der Waals surface area contributed by atoms with Gasteiger partial charge >= 0.3 is 0 Å². The van der Waals surface area contributed by atoms with Crippen molar-refractivity contribution in [3.05, 3.63) is 64.7 Å². The van der Waals surface area contributed by atoms with Crippen LogP contribution in [0.5, 0.6) is 11.5 Å². The minimum atomic E-state index is -0.726. The van der Waals surface area contributed by atoms with Gasteiger partial charge in [-0.05, 0) is 68.7 Å². The molecule has 1 fully saturated rings. The number of rotatable bonds is 8. The maximum Gasteiger partial charge on any atom is 0.295 e. The number of hydrogen-bond donors (Lipinski definition) is 1. The van der Waals surface area contributed by atoms with Gasteiger partial charge in [-0.25, -0.2) is 0 Å². The van der Waals surface area contributed by atoms with E-state index < -0.39 is 17.7 Å². The lowest BCUT2D eigenvalue weighted by molar-refractivity contribution is -0.140. The van der Waals surface area contributed by atoms with Gasteiger partial charge in [0.25, 0.3) is 11.7 Å². The SMILES string of the molecule is COCCCN1C(=O)C(=O)/C(=C(\O)c2ccc3c(c2)CC(C)O3)C1c1cccc(OC(C)C)c1. The van der Waals surface area contributed by atoms with Gasteiger partial charge in [0.15, 0.2) is 0 Å². The highest BCUT2D eigenvalue weighted by Crippen LogP contribution is 2.41. The first-order valence-electron chi connectivity index (χ1n) is 11.6. The van der Waals surface area contributed by atoms with Gasteiger partial charge in [-0.3, -0.25) is 9.59 Å². The third-order valence-corrected chi connectivity index (χ3v) is 6.00. The second-order valence-corrected chi connectivity index (χ2v) is 9.03. The summed E-state index contributed by atoms with van der Waals surface area (Å²) >= 11 is 0. The molecule has 0 bridgehead atoms. The molecular weight excluding hydrogens is 434 g/mol. The Balaban J connectivity index is 1.80. The Bertz CT molecular complexity index is 1120. The van der Waals surface area contributed by atoms with E-state index in [2.05, 4.69) is 0 Å². The fraction of sp³-hybridized carbons (Fsp3) is 0.407. The Hall–Kier alpha value is -3.32. The molecule has 2 atom stereocenters. The summed E-state index contributed by atoms with van der Waals surface area (Å²) in [7, 11) is 1.59. The first-order valence-corrected chi connectivity index (χ1v) is 11.6. The Morgan fingerprint density at radius 2 is 2.00 bits per heavy atom. The van der Waals surface area contributed by atoms with E-state index in [4.69, 9.17) is 14.2 Å². The van der Waals surface area contributed by atoms with Gasteiger partial charge in [-0.2, -0.15) is 0 Å². The van der Waals surface area contributed by atoms with Crippen molar-refractivity contribution in [3.8, 4) is 11.5 Å². The molecule has 7 nitrogen and oxygen atoms in total. The fourth-order valence-corrected chi connectivity index (χ4v) is 4.59. The number of hydrogen-bond acceptors (Lipinski definition) is 6. The normalized spacial score (nSPS) is 21.1. The number of benzene rings is 2. The van der Waals surface area contributed by atoms with E-state index in [0.717, 1.165) is 17.7 Å². The minimum Gasteiger partial charge on any atom is -0.507 e. The number of aliphatic hydroxyl groups excluding tert-OH is 1. The van der Waals surface area contributed by atoms with Crippen LogP contribution >= 0.6 is 0 Å². The summed E-state index contributed by atoms with van der Waals surface area (Å²) in [6.45, 7) is 6.63. The summed E-state index contributed by atoms with van der Waals surface area (Å²) < 4.78 is 16.7. The monoisotopic (exact) mass is 465 g/mol. The maximum atomic E-state index is 13.2. The summed E-state index contributed by atoms with van der Waals surface area (Å²) in [6, 6.07) is 12.0. The van der Waals surface area contributed by atoms with E-state index in [1.807, 2.05) is 51.1 Å². The molecule has 34 heavy (non-hydrogen) atoms. The van der Waals surface area contributed by atoms with Crippen LogP contribution in [0.25, 0.3) is 5.76 Å². The number of carbonyl (C=O) groups excluding carboxylic acids is 2. The smallest absolute Gasteiger partial charge is 0.295 e. The van der Waals surface area contributed by atoms with Crippen LogP contribution < -0.4 is 9.47 Å². The van der Waals surface area contributed by atoms with Gasteiger partial charge in [0.1, 0.15) is 23.4 Å². The molecule has 0 spiro atoms. The zero-order chi connectivity index (χ0) is 24.4. The van der Waals surface area contributed by atoms with E-state index in [9.17, 15) is 14.7 Å². The Labute approximate surface area is 199 Å². The highest BCUT2D eigenvalue weighted by Gasteiger charge is 2.46. The lowest BCUT2D eigenvalue weighted by atomic mass is 9.94. The maximum absolute atomic E-state index is 13.2. The molecule has 2 aliphatic rings. The second kappa shape index (κ2) is 9.89. The minimum absolute atomic E-state index is 0.0284. The van der Waals surface area contributed by atoms with E-state index >= 15 is 0 Å².